The van der Waals surface area contributed by atoms with E-state index in [1.807, 2.05) is 30.3 Å². The molecule has 4 heteroatoms. The Hall–Kier alpha value is -1.94. The molecule has 0 fully saturated rings. The predicted molar refractivity (Wildman–Crippen MR) is 86.9 cm³/mol. The number of aromatic nitrogens is 2. The van der Waals surface area contributed by atoms with Crippen LogP contribution < -0.4 is 5.56 Å². The molecule has 21 heavy (non-hydrogen) atoms. The van der Waals surface area contributed by atoms with E-state index in [0.717, 1.165) is 28.6 Å². The third-order valence-corrected chi connectivity index (χ3v) is 5.39. The fourth-order valence-corrected chi connectivity index (χ4v) is 4.31. The average Bonchev–Trinajstić information content (AvgIpc) is 2.86. The maximum atomic E-state index is 12.5. The van der Waals surface area contributed by atoms with Crippen LogP contribution in [0.15, 0.2) is 35.1 Å². The van der Waals surface area contributed by atoms with Crippen molar-refractivity contribution in [1.29, 1.82) is 0 Å². The average molecular weight is 296 g/mol. The van der Waals surface area contributed by atoms with Crippen molar-refractivity contribution >= 4 is 21.6 Å². The molecule has 1 N–H and O–H groups in total. The summed E-state index contributed by atoms with van der Waals surface area (Å²) in [6.45, 7) is 2.26. The van der Waals surface area contributed by atoms with Gasteiger partial charge in [-0.15, -0.1) is 11.3 Å². The third kappa shape index (κ3) is 2.10. The maximum absolute atomic E-state index is 12.5. The van der Waals surface area contributed by atoms with Crippen LogP contribution in [0.4, 0.5) is 0 Å². The third-order valence-electron chi connectivity index (χ3n) is 4.21. The Labute approximate surface area is 126 Å². The first-order valence-electron chi connectivity index (χ1n) is 7.32. The van der Waals surface area contributed by atoms with Crippen molar-refractivity contribution < 1.29 is 0 Å². The molecule has 1 unspecified atom stereocenters. The molecule has 2 heterocycles. The molecule has 0 saturated heterocycles. The Bertz CT molecular complexity index is 864. The molecule has 0 radical (unpaired) electrons. The number of thiophene rings is 1. The van der Waals surface area contributed by atoms with Crippen molar-refractivity contribution in [3.63, 3.8) is 0 Å². The Balaban J connectivity index is 1.94. The van der Waals surface area contributed by atoms with Gasteiger partial charge in [-0.2, -0.15) is 0 Å². The summed E-state index contributed by atoms with van der Waals surface area (Å²) in [5, 5.41) is 0.821. The van der Waals surface area contributed by atoms with Gasteiger partial charge in [-0.25, -0.2) is 4.98 Å². The van der Waals surface area contributed by atoms with Crippen LogP contribution in [-0.2, 0) is 12.8 Å². The normalized spacial score (nSPS) is 17.9. The molecule has 0 bridgehead atoms. The highest BCUT2D eigenvalue weighted by atomic mass is 32.1. The topological polar surface area (TPSA) is 45.8 Å². The molecule has 1 atom stereocenters. The predicted octanol–water partition coefficient (Wildman–Crippen LogP) is 3.78. The van der Waals surface area contributed by atoms with Gasteiger partial charge in [-0.3, -0.25) is 4.79 Å². The lowest BCUT2D eigenvalue weighted by molar-refractivity contribution is 0.508. The van der Waals surface area contributed by atoms with Crippen LogP contribution in [0, 0.1) is 5.92 Å². The van der Waals surface area contributed by atoms with Crippen molar-refractivity contribution in [1.82, 2.24) is 9.97 Å². The van der Waals surface area contributed by atoms with E-state index in [-0.39, 0.29) is 5.56 Å². The van der Waals surface area contributed by atoms with Crippen LogP contribution >= 0.6 is 11.3 Å². The number of nitrogens with zero attached hydrogens (tertiary/aromatic N) is 1. The van der Waals surface area contributed by atoms with E-state index in [1.54, 1.807) is 11.3 Å². The van der Waals surface area contributed by atoms with E-state index in [0.29, 0.717) is 11.7 Å². The molecule has 0 saturated carbocycles. The number of nitrogens with one attached hydrogen (secondary N) is 1. The Morgan fingerprint density at radius 3 is 2.90 bits per heavy atom. The minimum atomic E-state index is 0.00505. The lowest BCUT2D eigenvalue weighted by Gasteiger charge is -2.17. The molecule has 1 aliphatic carbocycles. The second kappa shape index (κ2) is 4.81. The summed E-state index contributed by atoms with van der Waals surface area (Å²) in [6, 6.07) is 9.83. The summed E-state index contributed by atoms with van der Waals surface area (Å²) >= 11 is 1.69. The van der Waals surface area contributed by atoms with Gasteiger partial charge >= 0.3 is 0 Å². The number of H-pyrrole nitrogens is 1. The number of fused-ring (bicyclic) bond motifs is 3. The molecule has 0 aliphatic heterocycles. The van der Waals surface area contributed by atoms with E-state index >= 15 is 0 Å². The van der Waals surface area contributed by atoms with Crippen molar-refractivity contribution in [3.05, 3.63) is 51.1 Å². The summed E-state index contributed by atoms with van der Waals surface area (Å²) in [5.74, 6) is 1.32. The van der Waals surface area contributed by atoms with Gasteiger partial charge < -0.3 is 4.98 Å². The first kappa shape index (κ1) is 12.8. The summed E-state index contributed by atoms with van der Waals surface area (Å²) in [5.41, 5.74) is 2.20. The van der Waals surface area contributed by atoms with Crippen molar-refractivity contribution in [2.24, 2.45) is 5.92 Å². The molecular weight excluding hydrogens is 280 g/mol. The largest absolute Gasteiger partial charge is 0.306 e. The second-order valence-electron chi connectivity index (χ2n) is 5.81. The minimum absolute atomic E-state index is 0.00505. The first-order chi connectivity index (χ1) is 10.2. The molecule has 4 rings (SSSR count). The van der Waals surface area contributed by atoms with E-state index in [1.165, 1.54) is 16.9 Å². The summed E-state index contributed by atoms with van der Waals surface area (Å²) in [6.07, 6.45) is 3.30. The maximum Gasteiger partial charge on any atom is 0.260 e. The number of aryl methyl sites for hydroxylation is 1. The molecule has 0 spiro atoms. The van der Waals surface area contributed by atoms with E-state index in [2.05, 4.69) is 11.9 Å². The summed E-state index contributed by atoms with van der Waals surface area (Å²) < 4.78 is 0. The monoisotopic (exact) mass is 296 g/mol. The highest BCUT2D eigenvalue weighted by Gasteiger charge is 2.23. The molecule has 106 valence electrons. The van der Waals surface area contributed by atoms with Gasteiger partial charge in [-0.1, -0.05) is 37.3 Å². The zero-order valence-electron chi connectivity index (χ0n) is 11.8. The standard InChI is InChI=1S/C17H16N2OS/c1-10-7-8-13-12(9-10)14-16(20)18-15(19-17(14)21-13)11-5-3-2-4-6-11/h2-6,10H,7-9H2,1H3,(H,18,19,20). The van der Waals surface area contributed by atoms with Gasteiger partial charge in [0.1, 0.15) is 10.7 Å². The minimum Gasteiger partial charge on any atom is -0.306 e. The molecule has 1 aliphatic rings. The van der Waals surface area contributed by atoms with Gasteiger partial charge in [0.25, 0.3) is 5.56 Å². The smallest absolute Gasteiger partial charge is 0.260 e. The van der Waals surface area contributed by atoms with Crippen molar-refractivity contribution in [3.8, 4) is 11.4 Å². The van der Waals surface area contributed by atoms with Gasteiger partial charge in [-0.05, 0) is 30.7 Å². The van der Waals surface area contributed by atoms with Crippen LogP contribution in [0.2, 0.25) is 0 Å². The highest BCUT2D eigenvalue weighted by molar-refractivity contribution is 7.18. The highest BCUT2D eigenvalue weighted by Crippen LogP contribution is 2.36. The number of hydrogen-bond acceptors (Lipinski definition) is 3. The number of aromatic amines is 1. The molecular formula is C17H16N2OS. The molecule has 2 aromatic heterocycles. The number of benzene rings is 1. The zero-order chi connectivity index (χ0) is 14.4. The van der Waals surface area contributed by atoms with Gasteiger partial charge in [0, 0.05) is 10.4 Å². The van der Waals surface area contributed by atoms with Crippen LogP contribution in [-0.4, -0.2) is 9.97 Å². The van der Waals surface area contributed by atoms with Crippen LogP contribution in [0.1, 0.15) is 23.8 Å². The second-order valence-corrected chi connectivity index (χ2v) is 6.90. The van der Waals surface area contributed by atoms with Gasteiger partial charge in [0.05, 0.1) is 5.39 Å². The fraction of sp³-hybridized carbons (Fsp3) is 0.294. The molecule has 1 aromatic carbocycles. The Morgan fingerprint density at radius 2 is 2.10 bits per heavy atom. The SMILES string of the molecule is CC1CCc2sc3nc(-c4ccccc4)[nH]c(=O)c3c2C1. The van der Waals surface area contributed by atoms with Crippen LogP contribution in [0.25, 0.3) is 21.6 Å². The quantitative estimate of drug-likeness (QED) is 0.743. The summed E-state index contributed by atoms with van der Waals surface area (Å²) in [4.78, 5) is 22.4. The van der Waals surface area contributed by atoms with Crippen molar-refractivity contribution in [2.45, 2.75) is 26.2 Å². The Morgan fingerprint density at radius 1 is 1.29 bits per heavy atom. The van der Waals surface area contributed by atoms with Gasteiger partial charge in [0.2, 0.25) is 0 Å². The van der Waals surface area contributed by atoms with Gasteiger partial charge in [0.15, 0.2) is 0 Å². The zero-order valence-corrected chi connectivity index (χ0v) is 12.7. The van der Waals surface area contributed by atoms with E-state index in [9.17, 15) is 4.79 Å². The fourth-order valence-electron chi connectivity index (χ4n) is 3.09. The van der Waals surface area contributed by atoms with Crippen LogP contribution in [0.5, 0.6) is 0 Å². The lowest BCUT2D eigenvalue weighted by atomic mass is 9.89. The molecule has 3 aromatic rings. The van der Waals surface area contributed by atoms with Crippen LogP contribution in [0.3, 0.4) is 0 Å². The number of hydrogen-bond donors (Lipinski definition) is 1. The van der Waals surface area contributed by atoms with E-state index in [4.69, 9.17) is 4.98 Å². The lowest BCUT2D eigenvalue weighted by Crippen LogP contribution is -2.14. The molecule has 0 amide bonds. The Kier molecular flexibility index (Phi) is 2.93. The summed E-state index contributed by atoms with van der Waals surface area (Å²) in [7, 11) is 0. The van der Waals surface area contributed by atoms with E-state index < -0.39 is 0 Å². The molecule has 3 nitrogen and oxygen atoms in total. The van der Waals surface area contributed by atoms with Crippen molar-refractivity contribution in [2.75, 3.05) is 0 Å². The first-order valence-corrected chi connectivity index (χ1v) is 8.14. The number of rotatable bonds is 1.